The molecule has 1 aromatic carbocycles. The van der Waals surface area contributed by atoms with Crippen LogP contribution in [-0.2, 0) is 0 Å². The van der Waals surface area contributed by atoms with E-state index in [0.717, 1.165) is 6.42 Å². The zero-order valence-electron chi connectivity index (χ0n) is 7.66. The first-order valence-electron chi connectivity index (χ1n) is 4.47. The van der Waals surface area contributed by atoms with Gasteiger partial charge in [0.05, 0.1) is 0 Å². The average molecular weight is 180 g/mol. The summed E-state index contributed by atoms with van der Waals surface area (Å²) in [5, 5.41) is 0. The number of alkyl halides is 1. The molecule has 0 bridgehead atoms. The number of hydrogen-bond acceptors (Lipinski definition) is 1. The lowest BCUT2D eigenvalue weighted by Crippen LogP contribution is -1.96. The molecule has 2 heteroatoms. The van der Waals surface area contributed by atoms with E-state index in [1.54, 1.807) is 24.3 Å². The van der Waals surface area contributed by atoms with Crippen LogP contribution in [0, 0.1) is 0 Å². The van der Waals surface area contributed by atoms with E-state index in [4.69, 9.17) is 0 Å². The summed E-state index contributed by atoms with van der Waals surface area (Å²) in [5.41, 5.74) is 0.975. The van der Waals surface area contributed by atoms with E-state index in [-0.39, 0.29) is 0 Å². The van der Waals surface area contributed by atoms with Gasteiger partial charge in [-0.15, -0.1) is 0 Å². The molecule has 0 saturated heterocycles. The topological polar surface area (TPSA) is 17.1 Å². The fourth-order valence-electron chi connectivity index (χ4n) is 1.31. The molecule has 0 fully saturated rings. The Morgan fingerprint density at radius 3 is 2.77 bits per heavy atom. The van der Waals surface area contributed by atoms with Crippen molar-refractivity contribution in [3.05, 3.63) is 35.4 Å². The molecule has 0 saturated carbocycles. The van der Waals surface area contributed by atoms with Crippen LogP contribution >= 0.6 is 0 Å². The SMILES string of the molecule is CCCC(F)c1ccccc1C=O. The van der Waals surface area contributed by atoms with Crippen molar-refractivity contribution >= 4 is 6.29 Å². The van der Waals surface area contributed by atoms with Crippen molar-refractivity contribution in [3.8, 4) is 0 Å². The lowest BCUT2D eigenvalue weighted by atomic mass is 10.0. The maximum absolute atomic E-state index is 13.4. The lowest BCUT2D eigenvalue weighted by Gasteiger charge is -2.08. The minimum Gasteiger partial charge on any atom is -0.298 e. The van der Waals surface area contributed by atoms with Gasteiger partial charge in [0.1, 0.15) is 12.5 Å². The third-order valence-electron chi connectivity index (χ3n) is 2.00. The molecule has 1 nitrogen and oxygen atoms in total. The molecule has 0 aliphatic rings. The first-order valence-corrected chi connectivity index (χ1v) is 4.47. The van der Waals surface area contributed by atoms with Gasteiger partial charge in [-0.05, 0) is 12.0 Å². The highest BCUT2D eigenvalue weighted by atomic mass is 19.1. The van der Waals surface area contributed by atoms with E-state index >= 15 is 0 Å². The van der Waals surface area contributed by atoms with Crippen LogP contribution < -0.4 is 0 Å². The van der Waals surface area contributed by atoms with Crippen molar-refractivity contribution < 1.29 is 9.18 Å². The Kier molecular flexibility index (Phi) is 3.62. The summed E-state index contributed by atoms with van der Waals surface area (Å²) in [4.78, 5) is 10.6. The average Bonchev–Trinajstić information content (AvgIpc) is 2.18. The van der Waals surface area contributed by atoms with Crippen molar-refractivity contribution in [2.45, 2.75) is 25.9 Å². The molecular weight excluding hydrogens is 167 g/mol. The van der Waals surface area contributed by atoms with Gasteiger partial charge in [0.2, 0.25) is 0 Å². The Balaban J connectivity index is 2.91. The number of aldehydes is 1. The van der Waals surface area contributed by atoms with Gasteiger partial charge in [0.25, 0.3) is 0 Å². The van der Waals surface area contributed by atoms with E-state index in [2.05, 4.69) is 0 Å². The number of carbonyl (C=O) groups excluding carboxylic acids is 1. The zero-order chi connectivity index (χ0) is 9.68. The predicted molar refractivity (Wildman–Crippen MR) is 50.6 cm³/mol. The Morgan fingerprint density at radius 1 is 1.46 bits per heavy atom. The Bertz CT molecular complexity index is 283. The molecule has 0 N–H and O–H groups in total. The number of halogens is 1. The van der Waals surface area contributed by atoms with Crippen molar-refractivity contribution in [2.24, 2.45) is 0 Å². The Hall–Kier alpha value is -1.18. The molecule has 0 aromatic heterocycles. The first-order chi connectivity index (χ1) is 6.29. The molecule has 0 radical (unpaired) electrons. The van der Waals surface area contributed by atoms with Gasteiger partial charge in [0, 0.05) is 5.56 Å². The van der Waals surface area contributed by atoms with E-state index < -0.39 is 6.17 Å². The van der Waals surface area contributed by atoms with Gasteiger partial charge >= 0.3 is 0 Å². The van der Waals surface area contributed by atoms with Crippen LogP contribution in [0.2, 0.25) is 0 Å². The normalized spacial score (nSPS) is 12.5. The second-order valence-electron chi connectivity index (χ2n) is 3.00. The molecule has 1 rings (SSSR count). The van der Waals surface area contributed by atoms with E-state index in [1.165, 1.54) is 0 Å². The maximum atomic E-state index is 13.4. The second kappa shape index (κ2) is 4.75. The van der Waals surface area contributed by atoms with Crippen LogP contribution in [-0.4, -0.2) is 6.29 Å². The summed E-state index contributed by atoms with van der Waals surface area (Å²) in [7, 11) is 0. The van der Waals surface area contributed by atoms with E-state index in [0.29, 0.717) is 23.8 Å². The number of hydrogen-bond donors (Lipinski definition) is 0. The summed E-state index contributed by atoms with van der Waals surface area (Å²) in [6.45, 7) is 1.93. The zero-order valence-corrected chi connectivity index (χ0v) is 7.66. The van der Waals surface area contributed by atoms with Crippen LogP contribution in [0.1, 0.15) is 41.9 Å². The quantitative estimate of drug-likeness (QED) is 0.649. The lowest BCUT2D eigenvalue weighted by molar-refractivity contribution is 0.112. The Labute approximate surface area is 77.6 Å². The van der Waals surface area contributed by atoms with Crippen LogP contribution in [0.3, 0.4) is 0 Å². The molecule has 70 valence electrons. The summed E-state index contributed by atoms with van der Waals surface area (Å²) < 4.78 is 13.4. The third-order valence-corrected chi connectivity index (χ3v) is 2.00. The highest BCUT2D eigenvalue weighted by Crippen LogP contribution is 2.24. The fraction of sp³-hybridized carbons (Fsp3) is 0.364. The van der Waals surface area contributed by atoms with E-state index in [1.807, 2.05) is 6.92 Å². The largest absolute Gasteiger partial charge is 0.298 e. The van der Waals surface area contributed by atoms with Crippen LogP contribution in [0.15, 0.2) is 24.3 Å². The van der Waals surface area contributed by atoms with Gasteiger partial charge in [0.15, 0.2) is 0 Å². The predicted octanol–water partition coefficient (Wildman–Crippen LogP) is 3.31. The summed E-state index contributed by atoms with van der Waals surface area (Å²) in [6.07, 6.45) is 0.961. The van der Waals surface area contributed by atoms with Crippen molar-refractivity contribution in [1.29, 1.82) is 0 Å². The summed E-state index contributed by atoms with van der Waals surface area (Å²) in [5.74, 6) is 0. The third kappa shape index (κ3) is 2.38. The summed E-state index contributed by atoms with van der Waals surface area (Å²) >= 11 is 0. The molecule has 1 aromatic rings. The van der Waals surface area contributed by atoms with Gasteiger partial charge in [-0.25, -0.2) is 4.39 Å². The number of rotatable bonds is 4. The molecule has 0 heterocycles. The highest BCUT2D eigenvalue weighted by Gasteiger charge is 2.11. The van der Waals surface area contributed by atoms with Crippen LogP contribution in [0.4, 0.5) is 4.39 Å². The summed E-state index contributed by atoms with van der Waals surface area (Å²) in [6, 6.07) is 6.81. The molecule has 0 spiro atoms. The Morgan fingerprint density at radius 2 is 2.15 bits per heavy atom. The smallest absolute Gasteiger partial charge is 0.150 e. The molecule has 1 unspecified atom stereocenters. The minimum atomic E-state index is -1.01. The molecule has 1 atom stereocenters. The van der Waals surface area contributed by atoms with E-state index in [9.17, 15) is 9.18 Å². The number of benzene rings is 1. The van der Waals surface area contributed by atoms with Gasteiger partial charge in [-0.2, -0.15) is 0 Å². The minimum absolute atomic E-state index is 0.462. The first kappa shape index (κ1) is 9.90. The maximum Gasteiger partial charge on any atom is 0.150 e. The number of carbonyl (C=O) groups is 1. The van der Waals surface area contributed by atoms with Crippen molar-refractivity contribution in [1.82, 2.24) is 0 Å². The van der Waals surface area contributed by atoms with Crippen molar-refractivity contribution in [2.75, 3.05) is 0 Å². The molecule has 13 heavy (non-hydrogen) atoms. The molecule has 0 aliphatic heterocycles. The monoisotopic (exact) mass is 180 g/mol. The standard InChI is InChI=1S/C11H13FO/c1-2-5-11(12)10-7-4-3-6-9(10)8-13/h3-4,6-8,11H,2,5H2,1H3. The van der Waals surface area contributed by atoms with Gasteiger partial charge < -0.3 is 0 Å². The molecule has 0 aliphatic carbocycles. The fourth-order valence-corrected chi connectivity index (χ4v) is 1.31. The van der Waals surface area contributed by atoms with Crippen LogP contribution in [0.25, 0.3) is 0 Å². The molecular formula is C11H13FO. The van der Waals surface area contributed by atoms with Gasteiger partial charge in [-0.3, -0.25) is 4.79 Å². The van der Waals surface area contributed by atoms with Crippen molar-refractivity contribution in [3.63, 3.8) is 0 Å². The second-order valence-corrected chi connectivity index (χ2v) is 3.00. The highest BCUT2D eigenvalue weighted by molar-refractivity contribution is 5.77. The van der Waals surface area contributed by atoms with Gasteiger partial charge in [-0.1, -0.05) is 37.6 Å². The molecule has 0 amide bonds. The van der Waals surface area contributed by atoms with Crippen LogP contribution in [0.5, 0.6) is 0 Å².